The first kappa shape index (κ1) is 16.7. The molecule has 1 aromatic rings. The van der Waals surface area contributed by atoms with Crippen LogP contribution in [0.2, 0.25) is 0 Å². The summed E-state index contributed by atoms with van der Waals surface area (Å²) < 4.78 is 4.98. The van der Waals surface area contributed by atoms with Crippen molar-refractivity contribution in [3.8, 4) is 0 Å². The molecule has 1 aliphatic heterocycles. The number of carbonyl (C=O) groups is 2. The summed E-state index contributed by atoms with van der Waals surface area (Å²) in [6.45, 7) is 3.04. The number of carbonyl (C=O) groups excluding carboxylic acids is 2. The fourth-order valence-corrected chi connectivity index (χ4v) is 2.56. The summed E-state index contributed by atoms with van der Waals surface area (Å²) in [5.74, 6) is -0.574. The lowest BCUT2D eigenvalue weighted by atomic mass is 10.0. The second kappa shape index (κ2) is 7.08. The number of non-ortho nitro benzene ring substituents is 1. The average molecular weight is 321 g/mol. The van der Waals surface area contributed by atoms with Crippen LogP contribution in [0.15, 0.2) is 18.2 Å². The number of hydrogen-bond acceptors (Lipinski definition) is 6. The molecule has 8 nitrogen and oxygen atoms in total. The highest BCUT2D eigenvalue weighted by Gasteiger charge is 2.23. The number of nitro benzene ring substituents is 1. The molecule has 23 heavy (non-hydrogen) atoms. The molecule has 2 N–H and O–H groups in total. The van der Waals surface area contributed by atoms with Gasteiger partial charge >= 0.3 is 5.97 Å². The number of ether oxygens (including phenoxy) is 1. The summed E-state index contributed by atoms with van der Waals surface area (Å²) in [5, 5.41) is 10.6. The molecular weight excluding hydrogens is 302 g/mol. The summed E-state index contributed by atoms with van der Waals surface area (Å²) in [6, 6.07) is 3.48. The van der Waals surface area contributed by atoms with Crippen molar-refractivity contribution in [1.29, 1.82) is 0 Å². The molecular formula is C15H19N3O5. The van der Waals surface area contributed by atoms with Crippen LogP contribution < -0.4 is 5.73 Å². The number of nitrogens with two attached hydrogens (primary N) is 1. The van der Waals surface area contributed by atoms with Crippen molar-refractivity contribution in [3.63, 3.8) is 0 Å². The first-order chi connectivity index (χ1) is 10.9. The molecule has 1 saturated heterocycles. The van der Waals surface area contributed by atoms with Gasteiger partial charge in [-0.2, -0.15) is 0 Å². The topological polar surface area (TPSA) is 116 Å². The summed E-state index contributed by atoms with van der Waals surface area (Å²) in [5.41, 5.74) is 5.37. The number of likely N-dealkylation sites (tertiary alicyclic amines) is 1. The van der Waals surface area contributed by atoms with Gasteiger partial charge in [-0.15, -0.1) is 0 Å². The van der Waals surface area contributed by atoms with Gasteiger partial charge in [0.15, 0.2) is 6.61 Å². The van der Waals surface area contributed by atoms with Crippen LogP contribution in [-0.4, -0.2) is 41.4 Å². The summed E-state index contributed by atoms with van der Waals surface area (Å²) >= 11 is 0. The van der Waals surface area contributed by atoms with E-state index in [2.05, 4.69) is 6.92 Å². The van der Waals surface area contributed by atoms with E-state index >= 15 is 0 Å². The van der Waals surface area contributed by atoms with Crippen LogP contribution in [0, 0.1) is 16.0 Å². The molecule has 0 aromatic heterocycles. The predicted molar refractivity (Wildman–Crippen MR) is 82.8 cm³/mol. The molecule has 1 fully saturated rings. The average Bonchev–Trinajstić information content (AvgIpc) is 2.52. The molecule has 124 valence electrons. The Balaban J connectivity index is 1.94. The van der Waals surface area contributed by atoms with Gasteiger partial charge in [0.25, 0.3) is 11.6 Å². The lowest BCUT2D eigenvalue weighted by Gasteiger charge is -2.30. The quantitative estimate of drug-likeness (QED) is 0.389. The van der Waals surface area contributed by atoms with Crippen LogP contribution in [0.4, 0.5) is 11.4 Å². The third kappa shape index (κ3) is 4.18. The van der Waals surface area contributed by atoms with E-state index in [-0.39, 0.29) is 29.5 Å². The second-order valence-electron chi connectivity index (χ2n) is 5.69. The molecule has 1 atom stereocenters. The largest absolute Gasteiger partial charge is 0.452 e. The van der Waals surface area contributed by atoms with Crippen molar-refractivity contribution in [3.05, 3.63) is 33.9 Å². The van der Waals surface area contributed by atoms with Gasteiger partial charge in [0.05, 0.1) is 16.2 Å². The van der Waals surface area contributed by atoms with Gasteiger partial charge in [-0.3, -0.25) is 14.9 Å². The summed E-state index contributed by atoms with van der Waals surface area (Å²) in [4.78, 5) is 35.7. The smallest absolute Gasteiger partial charge is 0.340 e. The Labute approximate surface area is 133 Å². The van der Waals surface area contributed by atoms with Crippen molar-refractivity contribution in [2.45, 2.75) is 19.8 Å². The zero-order chi connectivity index (χ0) is 17.0. The molecule has 1 aromatic carbocycles. The summed E-state index contributed by atoms with van der Waals surface area (Å²) in [6.07, 6.45) is 2.03. The molecule has 1 heterocycles. The standard InChI is InChI=1S/C15H19N3O5/c1-10-3-2-6-17(8-10)14(19)9-23-15(20)12-5-4-11(18(21)22)7-13(12)16/h4-5,7,10H,2-3,6,8-9,16H2,1H3/t10-/m0/s1. The fraction of sp³-hybridized carbons (Fsp3) is 0.467. The minimum absolute atomic E-state index is 0.00964. The third-order valence-electron chi connectivity index (χ3n) is 3.80. The first-order valence-electron chi connectivity index (χ1n) is 7.37. The van der Waals surface area contributed by atoms with Gasteiger partial charge in [-0.1, -0.05) is 6.92 Å². The highest BCUT2D eigenvalue weighted by Crippen LogP contribution is 2.21. The minimum atomic E-state index is -0.768. The fourth-order valence-electron chi connectivity index (χ4n) is 2.56. The van der Waals surface area contributed by atoms with Crippen LogP contribution >= 0.6 is 0 Å². The van der Waals surface area contributed by atoms with Crippen molar-refractivity contribution < 1.29 is 19.2 Å². The van der Waals surface area contributed by atoms with Gasteiger partial charge in [-0.05, 0) is 24.8 Å². The Bertz CT molecular complexity index is 632. The number of nitro groups is 1. The Morgan fingerprint density at radius 2 is 2.22 bits per heavy atom. The Morgan fingerprint density at radius 3 is 2.83 bits per heavy atom. The van der Waals surface area contributed by atoms with Gasteiger partial charge < -0.3 is 15.4 Å². The number of rotatable bonds is 4. The highest BCUT2D eigenvalue weighted by molar-refractivity contribution is 5.96. The molecule has 1 aliphatic rings. The monoisotopic (exact) mass is 321 g/mol. The third-order valence-corrected chi connectivity index (χ3v) is 3.80. The van der Waals surface area contributed by atoms with E-state index in [1.807, 2.05) is 0 Å². The second-order valence-corrected chi connectivity index (χ2v) is 5.69. The molecule has 0 bridgehead atoms. The van der Waals surface area contributed by atoms with E-state index in [1.165, 1.54) is 12.1 Å². The van der Waals surface area contributed by atoms with Crippen LogP contribution in [0.25, 0.3) is 0 Å². The highest BCUT2D eigenvalue weighted by atomic mass is 16.6. The van der Waals surface area contributed by atoms with Crippen LogP contribution in [0.5, 0.6) is 0 Å². The molecule has 0 radical (unpaired) electrons. The van der Waals surface area contributed by atoms with Crippen LogP contribution in [0.3, 0.4) is 0 Å². The Morgan fingerprint density at radius 1 is 1.48 bits per heavy atom. The predicted octanol–water partition coefficient (Wildman–Crippen LogP) is 1.59. The number of esters is 1. The number of nitrogen functional groups attached to an aromatic ring is 1. The van der Waals surface area contributed by atoms with Gasteiger partial charge in [0.1, 0.15) is 0 Å². The zero-order valence-electron chi connectivity index (χ0n) is 12.9. The van der Waals surface area contributed by atoms with Gasteiger partial charge in [-0.25, -0.2) is 4.79 Å². The van der Waals surface area contributed by atoms with Crippen molar-refractivity contribution in [2.24, 2.45) is 5.92 Å². The molecule has 0 aliphatic carbocycles. The first-order valence-corrected chi connectivity index (χ1v) is 7.37. The molecule has 2 rings (SSSR count). The van der Waals surface area contributed by atoms with Crippen molar-refractivity contribution in [2.75, 3.05) is 25.4 Å². The number of amides is 1. The van der Waals surface area contributed by atoms with E-state index in [0.717, 1.165) is 18.9 Å². The normalized spacial score (nSPS) is 17.6. The van der Waals surface area contributed by atoms with E-state index < -0.39 is 10.9 Å². The maximum atomic E-state index is 12.0. The molecule has 0 unspecified atom stereocenters. The lowest BCUT2D eigenvalue weighted by molar-refractivity contribution is -0.384. The van der Waals surface area contributed by atoms with Gasteiger partial charge in [0, 0.05) is 25.2 Å². The molecule has 8 heteroatoms. The summed E-state index contributed by atoms with van der Waals surface area (Å²) in [7, 11) is 0. The lowest BCUT2D eigenvalue weighted by Crippen LogP contribution is -2.41. The van der Waals surface area contributed by atoms with Crippen molar-refractivity contribution in [1.82, 2.24) is 4.90 Å². The number of hydrogen-bond donors (Lipinski definition) is 1. The minimum Gasteiger partial charge on any atom is -0.452 e. The van der Waals surface area contributed by atoms with E-state index in [4.69, 9.17) is 10.5 Å². The van der Waals surface area contributed by atoms with Gasteiger partial charge in [0.2, 0.25) is 0 Å². The number of piperidine rings is 1. The SMILES string of the molecule is C[C@H]1CCCN(C(=O)COC(=O)c2ccc([N+](=O)[O-])cc2N)C1. The van der Waals surface area contributed by atoms with E-state index in [9.17, 15) is 19.7 Å². The molecule has 0 saturated carbocycles. The van der Waals surface area contributed by atoms with Crippen LogP contribution in [0.1, 0.15) is 30.1 Å². The molecule has 1 amide bonds. The number of benzene rings is 1. The molecule has 0 spiro atoms. The van der Waals surface area contributed by atoms with Crippen molar-refractivity contribution >= 4 is 23.3 Å². The Hall–Kier alpha value is -2.64. The van der Waals surface area contributed by atoms with E-state index in [1.54, 1.807) is 4.90 Å². The van der Waals surface area contributed by atoms with Crippen LogP contribution in [-0.2, 0) is 9.53 Å². The Kier molecular flexibility index (Phi) is 5.15. The maximum absolute atomic E-state index is 12.0. The van der Waals surface area contributed by atoms with E-state index in [0.29, 0.717) is 19.0 Å². The maximum Gasteiger partial charge on any atom is 0.340 e. The number of nitrogens with zero attached hydrogens (tertiary/aromatic N) is 2. The zero-order valence-corrected chi connectivity index (χ0v) is 12.9. The number of anilines is 1.